The average molecular weight is 251 g/mol. The third-order valence-electron chi connectivity index (χ3n) is 2.26. The van der Waals surface area contributed by atoms with Crippen LogP contribution in [-0.2, 0) is 4.79 Å². The highest BCUT2D eigenvalue weighted by Crippen LogP contribution is 2.17. The zero-order chi connectivity index (χ0) is 13.0. The molecule has 5 heteroatoms. The first-order valence-corrected chi connectivity index (χ1v) is 5.79. The zero-order valence-electron chi connectivity index (χ0n) is 10.2. The first kappa shape index (κ1) is 13.4. The summed E-state index contributed by atoms with van der Waals surface area (Å²) >= 11 is 5.05. The Morgan fingerprint density at radius 3 is 2.59 bits per heavy atom. The van der Waals surface area contributed by atoms with E-state index in [0.717, 1.165) is 11.3 Å². The predicted octanol–water partition coefficient (Wildman–Crippen LogP) is 2.05. The van der Waals surface area contributed by atoms with E-state index in [1.54, 1.807) is 6.07 Å². The molecule has 4 nitrogen and oxygen atoms in total. The summed E-state index contributed by atoms with van der Waals surface area (Å²) in [7, 11) is 0. The molecule has 0 fully saturated rings. The molecule has 4 N–H and O–H groups in total. The summed E-state index contributed by atoms with van der Waals surface area (Å²) in [6, 6.07) is 5.45. The Bertz CT molecular complexity index is 443. The lowest BCUT2D eigenvalue weighted by Crippen LogP contribution is -2.36. The molecule has 0 aliphatic carbocycles. The van der Waals surface area contributed by atoms with Crippen LogP contribution in [0.5, 0.6) is 0 Å². The molecule has 0 radical (unpaired) electrons. The van der Waals surface area contributed by atoms with Gasteiger partial charge in [-0.25, -0.2) is 0 Å². The van der Waals surface area contributed by atoms with Crippen molar-refractivity contribution in [2.75, 3.05) is 11.1 Å². The molecular weight excluding hydrogens is 234 g/mol. The van der Waals surface area contributed by atoms with Crippen LogP contribution in [0.3, 0.4) is 0 Å². The van der Waals surface area contributed by atoms with E-state index < -0.39 is 0 Å². The molecule has 0 aliphatic rings. The quantitative estimate of drug-likeness (QED) is 0.556. The number of anilines is 2. The van der Waals surface area contributed by atoms with Crippen molar-refractivity contribution in [2.24, 2.45) is 5.92 Å². The summed E-state index contributed by atoms with van der Waals surface area (Å²) in [5.41, 5.74) is 8.17. The van der Waals surface area contributed by atoms with Gasteiger partial charge in [0.25, 0.3) is 0 Å². The highest BCUT2D eigenvalue weighted by Gasteiger charge is 2.09. The minimum atomic E-state index is -0.101. The van der Waals surface area contributed by atoms with E-state index in [4.69, 9.17) is 18.0 Å². The molecule has 1 aromatic rings. The fourth-order valence-electron chi connectivity index (χ4n) is 1.24. The van der Waals surface area contributed by atoms with Gasteiger partial charge in [0.05, 0.1) is 0 Å². The van der Waals surface area contributed by atoms with Crippen LogP contribution in [0, 0.1) is 12.8 Å². The molecule has 0 aliphatic heterocycles. The summed E-state index contributed by atoms with van der Waals surface area (Å²) in [4.78, 5) is 11.4. The first-order chi connectivity index (χ1) is 7.90. The van der Waals surface area contributed by atoms with Gasteiger partial charge in [0, 0.05) is 17.3 Å². The number of nitrogens with two attached hydrogens (primary N) is 1. The Balaban J connectivity index is 2.65. The molecule has 0 saturated carbocycles. The number of amides is 1. The maximum atomic E-state index is 11.4. The molecule has 0 aromatic heterocycles. The number of carbonyl (C=O) groups excluding carboxylic acids is 1. The predicted molar refractivity (Wildman–Crippen MR) is 74.8 cm³/mol. The van der Waals surface area contributed by atoms with Crippen molar-refractivity contribution in [3.8, 4) is 0 Å². The number of nitrogens with one attached hydrogen (secondary N) is 2. The fourth-order valence-corrected chi connectivity index (χ4v) is 1.45. The molecular formula is C12H17N3OS. The number of carbonyl (C=O) groups is 1. The van der Waals surface area contributed by atoms with Crippen LogP contribution in [0.4, 0.5) is 11.4 Å². The van der Waals surface area contributed by atoms with Crippen molar-refractivity contribution in [1.82, 2.24) is 5.32 Å². The molecule has 0 bridgehead atoms. The highest BCUT2D eigenvalue weighted by atomic mass is 32.1. The number of hydrogen-bond donors (Lipinski definition) is 3. The van der Waals surface area contributed by atoms with E-state index in [1.807, 2.05) is 32.9 Å². The topological polar surface area (TPSA) is 67.2 Å². The molecule has 0 heterocycles. The van der Waals surface area contributed by atoms with Gasteiger partial charge in [0.1, 0.15) is 0 Å². The van der Waals surface area contributed by atoms with Crippen molar-refractivity contribution in [1.29, 1.82) is 0 Å². The number of benzene rings is 1. The molecule has 0 saturated heterocycles. The maximum absolute atomic E-state index is 11.4. The second kappa shape index (κ2) is 5.63. The van der Waals surface area contributed by atoms with Gasteiger partial charge in [-0.2, -0.15) is 0 Å². The van der Waals surface area contributed by atoms with Crippen molar-refractivity contribution >= 4 is 34.6 Å². The summed E-state index contributed by atoms with van der Waals surface area (Å²) in [5.74, 6) is -0.196. The van der Waals surface area contributed by atoms with Crippen molar-refractivity contribution in [3.05, 3.63) is 23.8 Å². The Morgan fingerprint density at radius 2 is 2.06 bits per heavy atom. The third-order valence-corrected chi connectivity index (χ3v) is 2.46. The third kappa shape index (κ3) is 4.03. The summed E-state index contributed by atoms with van der Waals surface area (Å²) in [6.45, 7) is 5.55. The Labute approximate surface area is 107 Å². The SMILES string of the molecule is Cc1cc(N)ccc1NC(=S)NC(=O)C(C)C. The van der Waals surface area contributed by atoms with Gasteiger partial charge >= 0.3 is 0 Å². The van der Waals surface area contributed by atoms with Crippen LogP contribution in [0.1, 0.15) is 19.4 Å². The second-order valence-electron chi connectivity index (χ2n) is 4.17. The van der Waals surface area contributed by atoms with Gasteiger partial charge in [-0.05, 0) is 42.9 Å². The summed E-state index contributed by atoms with van der Waals surface area (Å²) in [5, 5.41) is 5.89. The molecule has 92 valence electrons. The number of nitrogen functional groups attached to an aromatic ring is 1. The van der Waals surface area contributed by atoms with E-state index in [-0.39, 0.29) is 11.8 Å². The van der Waals surface area contributed by atoms with Crippen molar-refractivity contribution in [2.45, 2.75) is 20.8 Å². The Morgan fingerprint density at radius 1 is 1.41 bits per heavy atom. The normalized spacial score (nSPS) is 10.1. The van der Waals surface area contributed by atoms with Crippen LogP contribution in [-0.4, -0.2) is 11.0 Å². The lowest BCUT2D eigenvalue weighted by atomic mass is 10.2. The van der Waals surface area contributed by atoms with Gasteiger partial charge in [-0.15, -0.1) is 0 Å². The van der Waals surface area contributed by atoms with Crippen LogP contribution in [0.15, 0.2) is 18.2 Å². The molecule has 1 aromatic carbocycles. The minimum Gasteiger partial charge on any atom is -0.399 e. The number of rotatable bonds is 2. The highest BCUT2D eigenvalue weighted by molar-refractivity contribution is 7.80. The largest absolute Gasteiger partial charge is 0.399 e. The average Bonchev–Trinajstić information content (AvgIpc) is 2.22. The molecule has 1 amide bonds. The van der Waals surface area contributed by atoms with E-state index in [0.29, 0.717) is 10.8 Å². The first-order valence-electron chi connectivity index (χ1n) is 5.38. The second-order valence-corrected chi connectivity index (χ2v) is 4.58. The maximum Gasteiger partial charge on any atom is 0.228 e. The number of aryl methyl sites for hydroxylation is 1. The van der Waals surface area contributed by atoms with Gasteiger partial charge in [0.15, 0.2) is 5.11 Å². The Kier molecular flexibility index (Phi) is 4.45. The van der Waals surface area contributed by atoms with E-state index >= 15 is 0 Å². The molecule has 0 atom stereocenters. The molecule has 0 spiro atoms. The van der Waals surface area contributed by atoms with Crippen molar-refractivity contribution in [3.63, 3.8) is 0 Å². The van der Waals surface area contributed by atoms with Gasteiger partial charge in [-0.3, -0.25) is 4.79 Å². The monoisotopic (exact) mass is 251 g/mol. The van der Waals surface area contributed by atoms with Crippen LogP contribution in [0.25, 0.3) is 0 Å². The van der Waals surface area contributed by atoms with Crippen molar-refractivity contribution < 1.29 is 4.79 Å². The smallest absolute Gasteiger partial charge is 0.228 e. The summed E-state index contributed by atoms with van der Waals surface area (Å²) < 4.78 is 0. The van der Waals surface area contributed by atoms with E-state index in [1.165, 1.54) is 0 Å². The molecule has 0 unspecified atom stereocenters. The number of thiocarbonyl (C=S) groups is 1. The van der Waals surface area contributed by atoms with Crippen LogP contribution < -0.4 is 16.4 Å². The lowest BCUT2D eigenvalue weighted by molar-refractivity contribution is -0.122. The lowest BCUT2D eigenvalue weighted by Gasteiger charge is -2.13. The zero-order valence-corrected chi connectivity index (χ0v) is 11.0. The Hall–Kier alpha value is -1.62. The molecule has 1 rings (SSSR count). The fraction of sp³-hybridized carbons (Fsp3) is 0.333. The summed E-state index contributed by atoms with van der Waals surface area (Å²) in [6.07, 6.45) is 0. The number of hydrogen-bond acceptors (Lipinski definition) is 3. The molecule has 17 heavy (non-hydrogen) atoms. The minimum absolute atomic E-state index is 0.0951. The van der Waals surface area contributed by atoms with Crippen LogP contribution >= 0.6 is 12.2 Å². The van der Waals surface area contributed by atoms with E-state index in [2.05, 4.69) is 10.6 Å². The van der Waals surface area contributed by atoms with Gasteiger partial charge in [0.2, 0.25) is 5.91 Å². The van der Waals surface area contributed by atoms with Gasteiger partial charge in [-0.1, -0.05) is 13.8 Å². The standard InChI is InChI=1S/C12H17N3OS/c1-7(2)11(16)15-12(17)14-10-5-4-9(13)6-8(10)3/h4-7H,13H2,1-3H3,(H2,14,15,16,17). The van der Waals surface area contributed by atoms with Gasteiger partial charge < -0.3 is 16.4 Å². The van der Waals surface area contributed by atoms with Crippen LogP contribution in [0.2, 0.25) is 0 Å². The van der Waals surface area contributed by atoms with E-state index in [9.17, 15) is 4.79 Å².